The second-order valence-electron chi connectivity index (χ2n) is 7.56. The average molecular weight is 335 g/mol. The summed E-state index contributed by atoms with van der Waals surface area (Å²) in [4.78, 5) is 4.64. The molecule has 0 aliphatic heterocycles. The molecule has 1 aromatic heterocycles. The van der Waals surface area contributed by atoms with Crippen molar-refractivity contribution in [2.45, 2.75) is 116 Å². The molecule has 2 heteroatoms. The third-order valence-electron chi connectivity index (χ3n) is 5.29. The van der Waals surface area contributed by atoms with Crippen LogP contribution in [0.1, 0.15) is 122 Å². The van der Waals surface area contributed by atoms with E-state index in [1.807, 2.05) is 6.20 Å². The van der Waals surface area contributed by atoms with Gasteiger partial charge in [-0.25, -0.2) is 4.98 Å². The average Bonchev–Trinajstić information content (AvgIpc) is 3.01. The van der Waals surface area contributed by atoms with Gasteiger partial charge in [-0.1, -0.05) is 97.3 Å². The van der Waals surface area contributed by atoms with Crippen molar-refractivity contribution in [1.29, 1.82) is 0 Å². The number of unbranched alkanes of at least 4 members (excludes halogenated alkanes) is 11. The molecule has 0 N–H and O–H groups in total. The summed E-state index contributed by atoms with van der Waals surface area (Å²) in [6.07, 6.45) is 24.9. The fourth-order valence-electron chi connectivity index (χ4n) is 3.69. The second-order valence-corrected chi connectivity index (χ2v) is 7.56. The van der Waals surface area contributed by atoms with Crippen LogP contribution in [0.4, 0.5) is 0 Å². The van der Waals surface area contributed by atoms with E-state index in [2.05, 4.69) is 36.6 Å². The van der Waals surface area contributed by atoms with E-state index in [-0.39, 0.29) is 0 Å². The van der Waals surface area contributed by atoms with Crippen molar-refractivity contribution in [2.24, 2.45) is 7.05 Å². The molecule has 0 aliphatic carbocycles. The van der Waals surface area contributed by atoms with Crippen LogP contribution >= 0.6 is 0 Å². The second kappa shape index (κ2) is 14.5. The predicted octanol–water partition coefficient (Wildman–Crippen LogP) is 7.40. The van der Waals surface area contributed by atoms with Gasteiger partial charge in [0.1, 0.15) is 5.82 Å². The first kappa shape index (κ1) is 21.3. The maximum atomic E-state index is 4.64. The lowest BCUT2D eigenvalue weighted by Gasteiger charge is -2.17. The Kier molecular flexibility index (Phi) is 12.9. The van der Waals surface area contributed by atoms with E-state index in [0.717, 1.165) is 0 Å². The van der Waals surface area contributed by atoms with Crippen molar-refractivity contribution < 1.29 is 0 Å². The van der Waals surface area contributed by atoms with Gasteiger partial charge in [-0.05, 0) is 12.8 Å². The molecule has 1 heterocycles. The molecule has 0 spiro atoms. The van der Waals surface area contributed by atoms with Crippen LogP contribution in [0.15, 0.2) is 12.4 Å². The summed E-state index contributed by atoms with van der Waals surface area (Å²) in [6.45, 7) is 4.58. The molecule has 1 unspecified atom stereocenters. The number of imidazole rings is 1. The van der Waals surface area contributed by atoms with E-state index >= 15 is 0 Å². The minimum absolute atomic E-state index is 0.673. The number of aromatic nitrogens is 2. The molecule has 1 aromatic rings. The number of rotatable bonds is 16. The predicted molar refractivity (Wildman–Crippen MR) is 107 cm³/mol. The Morgan fingerprint density at radius 2 is 1.21 bits per heavy atom. The molecular weight excluding hydrogens is 292 g/mol. The smallest absolute Gasteiger partial charge is 0.111 e. The Bertz CT molecular complexity index is 383. The van der Waals surface area contributed by atoms with Gasteiger partial charge in [0.15, 0.2) is 0 Å². The first-order valence-electron chi connectivity index (χ1n) is 10.8. The summed E-state index contributed by atoms with van der Waals surface area (Å²) in [5.74, 6) is 1.99. The molecule has 140 valence electrons. The zero-order valence-corrected chi connectivity index (χ0v) is 16.7. The van der Waals surface area contributed by atoms with E-state index in [1.54, 1.807) is 0 Å². The van der Waals surface area contributed by atoms with Crippen LogP contribution in [0.5, 0.6) is 0 Å². The van der Waals surface area contributed by atoms with Crippen molar-refractivity contribution in [2.75, 3.05) is 0 Å². The topological polar surface area (TPSA) is 17.8 Å². The van der Waals surface area contributed by atoms with Crippen molar-refractivity contribution in [3.05, 3.63) is 18.2 Å². The third kappa shape index (κ3) is 9.49. The maximum absolute atomic E-state index is 4.64. The van der Waals surface area contributed by atoms with Gasteiger partial charge in [0.25, 0.3) is 0 Å². The molecule has 24 heavy (non-hydrogen) atoms. The summed E-state index contributed by atoms with van der Waals surface area (Å²) < 4.78 is 2.24. The van der Waals surface area contributed by atoms with E-state index < -0.39 is 0 Å². The lowest BCUT2D eigenvalue weighted by atomic mass is 9.93. The van der Waals surface area contributed by atoms with Gasteiger partial charge in [0.2, 0.25) is 0 Å². The fraction of sp³-hybridized carbons (Fsp3) is 0.864. The highest BCUT2D eigenvalue weighted by Gasteiger charge is 2.15. The Morgan fingerprint density at radius 1 is 0.750 bits per heavy atom. The molecule has 0 aliphatic rings. The SMILES string of the molecule is CCCCCCCCCCC(CCCCCCC)c1nccn1C. The summed E-state index contributed by atoms with van der Waals surface area (Å²) >= 11 is 0. The lowest BCUT2D eigenvalue weighted by molar-refractivity contribution is 0.464. The molecule has 0 amide bonds. The van der Waals surface area contributed by atoms with Crippen molar-refractivity contribution in [3.8, 4) is 0 Å². The van der Waals surface area contributed by atoms with Crippen LogP contribution in [0.25, 0.3) is 0 Å². The summed E-state index contributed by atoms with van der Waals surface area (Å²) in [6, 6.07) is 0. The minimum Gasteiger partial charge on any atom is -0.338 e. The molecule has 0 radical (unpaired) electrons. The molecule has 2 nitrogen and oxygen atoms in total. The monoisotopic (exact) mass is 334 g/mol. The number of hydrogen-bond acceptors (Lipinski definition) is 1. The summed E-state index contributed by atoms with van der Waals surface area (Å²) in [5, 5.41) is 0. The van der Waals surface area contributed by atoms with Gasteiger partial charge < -0.3 is 4.57 Å². The third-order valence-corrected chi connectivity index (χ3v) is 5.29. The Labute approximate surface area is 151 Å². The largest absolute Gasteiger partial charge is 0.338 e. The van der Waals surface area contributed by atoms with Crippen LogP contribution in [0, 0.1) is 0 Å². The molecular formula is C22H42N2. The van der Waals surface area contributed by atoms with Crippen LogP contribution < -0.4 is 0 Å². The number of nitrogens with zero attached hydrogens (tertiary/aromatic N) is 2. The highest BCUT2D eigenvalue weighted by molar-refractivity contribution is 4.99. The fourth-order valence-corrected chi connectivity index (χ4v) is 3.69. The summed E-state index contributed by atoms with van der Waals surface area (Å²) in [5.41, 5.74) is 0. The number of aryl methyl sites for hydroxylation is 1. The molecule has 0 saturated heterocycles. The van der Waals surface area contributed by atoms with E-state index in [4.69, 9.17) is 0 Å². The zero-order chi connectivity index (χ0) is 17.5. The van der Waals surface area contributed by atoms with Crippen molar-refractivity contribution in [1.82, 2.24) is 9.55 Å². The Balaban J connectivity index is 2.23. The zero-order valence-electron chi connectivity index (χ0n) is 16.7. The molecule has 0 bridgehead atoms. The number of hydrogen-bond donors (Lipinski definition) is 0. The minimum atomic E-state index is 0.673. The van der Waals surface area contributed by atoms with Gasteiger partial charge in [0.05, 0.1) is 0 Å². The van der Waals surface area contributed by atoms with Crippen LogP contribution in [0.3, 0.4) is 0 Å². The molecule has 1 atom stereocenters. The molecule has 0 fully saturated rings. The first-order valence-corrected chi connectivity index (χ1v) is 10.8. The van der Waals surface area contributed by atoms with Gasteiger partial charge in [-0.15, -0.1) is 0 Å². The van der Waals surface area contributed by atoms with E-state index in [1.165, 1.54) is 102 Å². The van der Waals surface area contributed by atoms with E-state index in [0.29, 0.717) is 5.92 Å². The Hall–Kier alpha value is -0.790. The van der Waals surface area contributed by atoms with Crippen LogP contribution in [-0.2, 0) is 7.05 Å². The van der Waals surface area contributed by atoms with Crippen LogP contribution in [-0.4, -0.2) is 9.55 Å². The van der Waals surface area contributed by atoms with Crippen molar-refractivity contribution in [3.63, 3.8) is 0 Å². The standard InChI is InChI=1S/C22H42N2/c1-4-6-8-10-11-12-14-16-18-21(17-15-13-9-7-5-2)22-23-19-20-24(22)3/h19-21H,4-18H2,1-3H3. The Morgan fingerprint density at radius 3 is 1.62 bits per heavy atom. The molecule has 1 rings (SSSR count). The van der Waals surface area contributed by atoms with Gasteiger partial charge >= 0.3 is 0 Å². The highest BCUT2D eigenvalue weighted by Crippen LogP contribution is 2.27. The van der Waals surface area contributed by atoms with Gasteiger partial charge in [0, 0.05) is 25.4 Å². The van der Waals surface area contributed by atoms with Crippen LogP contribution in [0.2, 0.25) is 0 Å². The van der Waals surface area contributed by atoms with Gasteiger partial charge in [-0.3, -0.25) is 0 Å². The first-order chi connectivity index (χ1) is 11.8. The lowest BCUT2D eigenvalue weighted by Crippen LogP contribution is -2.07. The maximum Gasteiger partial charge on any atom is 0.111 e. The molecule has 0 aromatic carbocycles. The summed E-state index contributed by atoms with van der Waals surface area (Å²) in [7, 11) is 2.15. The highest BCUT2D eigenvalue weighted by atomic mass is 15.0. The normalized spacial score (nSPS) is 12.6. The van der Waals surface area contributed by atoms with Gasteiger partial charge in [-0.2, -0.15) is 0 Å². The van der Waals surface area contributed by atoms with E-state index in [9.17, 15) is 0 Å². The quantitative estimate of drug-likeness (QED) is 0.288. The van der Waals surface area contributed by atoms with Crippen molar-refractivity contribution >= 4 is 0 Å². The molecule has 0 saturated carbocycles.